The lowest BCUT2D eigenvalue weighted by molar-refractivity contribution is 0.00495. The Kier molecular flexibility index (Phi) is 7.16. The fraction of sp³-hybridized carbons (Fsp3) is 0.647. The average Bonchev–Trinajstić information content (AvgIpc) is 2.49. The van der Waals surface area contributed by atoms with E-state index < -0.39 is 6.10 Å². The van der Waals surface area contributed by atoms with Gasteiger partial charge in [0.05, 0.1) is 19.3 Å². The summed E-state index contributed by atoms with van der Waals surface area (Å²) in [7, 11) is 0. The maximum atomic E-state index is 10.1. The normalized spacial score (nSPS) is 21.3. The van der Waals surface area contributed by atoms with Gasteiger partial charge in [-0.2, -0.15) is 0 Å². The predicted molar refractivity (Wildman–Crippen MR) is 85.2 cm³/mol. The van der Waals surface area contributed by atoms with Crippen molar-refractivity contribution in [3.8, 4) is 0 Å². The maximum absolute atomic E-state index is 10.1. The number of nitrogens with one attached hydrogen (secondary N) is 1. The Morgan fingerprint density at radius 1 is 1.38 bits per heavy atom. The van der Waals surface area contributed by atoms with Gasteiger partial charge in [-0.3, -0.25) is 4.90 Å². The molecule has 1 fully saturated rings. The molecule has 0 saturated carbocycles. The molecule has 2 unspecified atom stereocenters. The van der Waals surface area contributed by atoms with Crippen molar-refractivity contribution in [2.24, 2.45) is 0 Å². The summed E-state index contributed by atoms with van der Waals surface area (Å²) in [6, 6.07) is 10.7. The number of aliphatic hydroxyl groups excluding tert-OH is 1. The lowest BCUT2D eigenvalue weighted by atomic mass is 10.1. The van der Waals surface area contributed by atoms with Crippen LogP contribution in [0.5, 0.6) is 0 Å². The molecule has 4 nitrogen and oxygen atoms in total. The van der Waals surface area contributed by atoms with Crippen LogP contribution in [0.2, 0.25) is 0 Å². The second kappa shape index (κ2) is 9.15. The highest BCUT2D eigenvalue weighted by Crippen LogP contribution is 2.10. The number of nitrogens with zero attached hydrogens (tertiary/aromatic N) is 1. The second-order valence-electron chi connectivity index (χ2n) is 5.81. The van der Waals surface area contributed by atoms with Crippen LogP contribution >= 0.6 is 0 Å². The Labute approximate surface area is 128 Å². The minimum Gasteiger partial charge on any atom is -0.389 e. The number of likely N-dealkylation sites (tertiary alicyclic amines) is 1. The molecule has 0 bridgehead atoms. The topological polar surface area (TPSA) is 44.7 Å². The maximum Gasteiger partial charge on any atom is 0.0900 e. The molecule has 2 N–H and O–H groups in total. The number of hydrogen-bond acceptors (Lipinski definition) is 4. The van der Waals surface area contributed by atoms with E-state index in [1.807, 2.05) is 30.3 Å². The molecule has 21 heavy (non-hydrogen) atoms. The van der Waals surface area contributed by atoms with E-state index in [9.17, 15) is 5.11 Å². The van der Waals surface area contributed by atoms with Gasteiger partial charge < -0.3 is 15.2 Å². The zero-order valence-electron chi connectivity index (χ0n) is 13.0. The van der Waals surface area contributed by atoms with E-state index in [-0.39, 0.29) is 0 Å². The van der Waals surface area contributed by atoms with Crippen LogP contribution in [0, 0.1) is 0 Å². The lowest BCUT2D eigenvalue weighted by Gasteiger charge is -2.34. The molecule has 1 aromatic carbocycles. The molecule has 2 atom stereocenters. The van der Waals surface area contributed by atoms with Crippen LogP contribution in [-0.2, 0) is 11.3 Å². The Bertz CT molecular complexity index is 384. The van der Waals surface area contributed by atoms with Crippen molar-refractivity contribution in [2.75, 3.05) is 32.8 Å². The average molecular weight is 292 g/mol. The zero-order chi connectivity index (χ0) is 14.9. The van der Waals surface area contributed by atoms with Crippen LogP contribution in [0.25, 0.3) is 0 Å². The molecule has 1 heterocycles. The minimum absolute atomic E-state index is 0.400. The summed E-state index contributed by atoms with van der Waals surface area (Å²) in [5, 5.41) is 13.6. The number of likely N-dealkylation sites (N-methyl/N-ethyl adjacent to an activating group) is 1. The van der Waals surface area contributed by atoms with E-state index in [2.05, 4.69) is 17.1 Å². The molecular formula is C17H28N2O2. The molecular weight excluding hydrogens is 264 g/mol. The molecule has 118 valence electrons. The van der Waals surface area contributed by atoms with Gasteiger partial charge in [0.15, 0.2) is 0 Å². The van der Waals surface area contributed by atoms with Gasteiger partial charge in [-0.1, -0.05) is 37.3 Å². The first-order chi connectivity index (χ1) is 10.3. The van der Waals surface area contributed by atoms with E-state index in [4.69, 9.17) is 4.74 Å². The summed E-state index contributed by atoms with van der Waals surface area (Å²) in [6.45, 7) is 6.94. The van der Waals surface area contributed by atoms with E-state index >= 15 is 0 Å². The Hall–Kier alpha value is -0.940. The van der Waals surface area contributed by atoms with Crippen LogP contribution in [0.3, 0.4) is 0 Å². The third kappa shape index (κ3) is 6.14. The number of benzene rings is 1. The van der Waals surface area contributed by atoms with Crippen molar-refractivity contribution >= 4 is 0 Å². The van der Waals surface area contributed by atoms with Crippen molar-refractivity contribution < 1.29 is 9.84 Å². The molecule has 0 aromatic heterocycles. The van der Waals surface area contributed by atoms with Gasteiger partial charge in [0.25, 0.3) is 0 Å². The van der Waals surface area contributed by atoms with Crippen LogP contribution < -0.4 is 5.32 Å². The van der Waals surface area contributed by atoms with E-state index in [1.54, 1.807) is 0 Å². The van der Waals surface area contributed by atoms with Gasteiger partial charge in [0.1, 0.15) is 0 Å². The standard InChI is InChI=1S/C17H28N2O2/c1-2-18-16-9-6-10-19(11-16)12-17(20)14-21-13-15-7-4-3-5-8-15/h3-5,7-8,16-18,20H,2,6,9-14H2,1H3. The third-order valence-electron chi connectivity index (χ3n) is 3.89. The molecule has 2 rings (SSSR count). The monoisotopic (exact) mass is 292 g/mol. The van der Waals surface area contributed by atoms with Crippen LogP contribution in [0.1, 0.15) is 25.3 Å². The van der Waals surface area contributed by atoms with Crippen molar-refractivity contribution in [3.63, 3.8) is 0 Å². The molecule has 0 aliphatic carbocycles. The molecule has 1 aliphatic heterocycles. The van der Waals surface area contributed by atoms with Crippen molar-refractivity contribution in [1.82, 2.24) is 10.2 Å². The van der Waals surface area contributed by atoms with Gasteiger partial charge in [-0.05, 0) is 31.5 Å². The van der Waals surface area contributed by atoms with E-state index in [0.717, 1.165) is 25.2 Å². The first kappa shape index (κ1) is 16.4. The predicted octanol–water partition coefficient (Wildman–Crippen LogP) is 1.64. The summed E-state index contributed by atoms with van der Waals surface area (Å²) in [5.74, 6) is 0. The van der Waals surface area contributed by atoms with Gasteiger partial charge in [-0.25, -0.2) is 0 Å². The van der Waals surface area contributed by atoms with Crippen LogP contribution in [-0.4, -0.2) is 54.9 Å². The van der Waals surface area contributed by atoms with Gasteiger partial charge in [0, 0.05) is 19.1 Å². The van der Waals surface area contributed by atoms with Gasteiger partial charge in [-0.15, -0.1) is 0 Å². The molecule has 0 spiro atoms. The lowest BCUT2D eigenvalue weighted by Crippen LogP contribution is -2.48. The molecule has 1 aromatic rings. The Morgan fingerprint density at radius 3 is 2.95 bits per heavy atom. The minimum atomic E-state index is -0.408. The Balaban J connectivity index is 1.63. The molecule has 0 radical (unpaired) electrons. The summed E-state index contributed by atoms with van der Waals surface area (Å²) in [5.41, 5.74) is 1.15. The highest BCUT2D eigenvalue weighted by Gasteiger charge is 2.20. The SMILES string of the molecule is CCNC1CCCN(CC(O)COCc2ccccc2)C1. The van der Waals surface area contributed by atoms with Crippen molar-refractivity contribution in [2.45, 2.75) is 38.5 Å². The largest absolute Gasteiger partial charge is 0.389 e. The van der Waals surface area contributed by atoms with Crippen molar-refractivity contribution in [3.05, 3.63) is 35.9 Å². The number of rotatable bonds is 8. The van der Waals surface area contributed by atoms with Gasteiger partial charge in [0.2, 0.25) is 0 Å². The summed E-state index contributed by atoms with van der Waals surface area (Å²) >= 11 is 0. The molecule has 0 amide bonds. The summed E-state index contributed by atoms with van der Waals surface area (Å²) in [6.07, 6.45) is 2.04. The quantitative estimate of drug-likeness (QED) is 0.764. The van der Waals surface area contributed by atoms with Gasteiger partial charge >= 0.3 is 0 Å². The zero-order valence-corrected chi connectivity index (χ0v) is 13.0. The smallest absolute Gasteiger partial charge is 0.0900 e. The first-order valence-electron chi connectivity index (χ1n) is 8.03. The molecule has 1 saturated heterocycles. The number of ether oxygens (including phenoxy) is 1. The first-order valence-corrected chi connectivity index (χ1v) is 8.03. The highest BCUT2D eigenvalue weighted by atomic mass is 16.5. The summed E-state index contributed by atoms with van der Waals surface area (Å²) < 4.78 is 5.61. The Morgan fingerprint density at radius 2 is 2.19 bits per heavy atom. The number of piperidine rings is 1. The van der Waals surface area contributed by atoms with E-state index in [0.29, 0.717) is 25.8 Å². The van der Waals surface area contributed by atoms with Crippen molar-refractivity contribution in [1.29, 1.82) is 0 Å². The highest BCUT2D eigenvalue weighted by molar-refractivity contribution is 5.13. The van der Waals surface area contributed by atoms with E-state index in [1.165, 1.54) is 12.8 Å². The second-order valence-corrected chi connectivity index (χ2v) is 5.81. The fourth-order valence-electron chi connectivity index (χ4n) is 2.91. The number of hydrogen-bond donors (Lipinski definition) is 2. The molecule has 4 heteroatoms. The summed E-state index contributed by atoms with van der Waals surface area (Å²) in [4.78, 5) is 2.34. The molecule has 1 aliphatic rings. The number of β-amino-alcohol motifs (C(OH)–C–C–N with tert-alkyl or cyclic N) is 1. The van der Waals surface area contributed by atoms with Crippen LogP contribution in [0.4, 0.5) is 0 Å². The third-order valence-corrected chi connectivity index (χ3v) is 3.89. The fourth-order valence-corrected chi connectivity index (χ4v) is 2.91. The van der Waals surface area contributed by atoms with Crippen LogP contribution in [0.15, 0.2) is 30.3 Å². The number of aliphatic hydroxyl groups is 1.